The predicted octanol–water partition coefficient (Wildman–Crippen LogP) is 7.83. The van der Waals surface area contributed by atoms with E-state index < -0.39 is 0 Å². The van der Waals surface area contributed by atoms with Gasteiger partial charge in [0.25, 0.3) is 0 Å². The Kier molecular flexibility index (Phi) is 3.36. The Morgan fingerprint density at radius 3 is 2.00 bits per heavy atom. The summed E-state index contributed by atoms with van der Waals surface area (Å²) in [5, 5.41) is 14.4. The SMILES string of the molecule is N#Cc1ccc2cc(-c3ccc4c5c(ccc(Cl)c35)-c3ccccc3-4)ccc2c1. The normalized spacial score (nSPS) is 11.6. The van der Waals surface area contributed by atoms with Crippen LogP contribution in [-0.2, 0) is 0 Å². The molecule has 0 aliphatic heterocycles. The molecule has 0 unspecified atom stereocenters. The maximum Gasteiger partial charge on any atom is 0.0991 e. The molecule has 0 atom stereocenters. The lowest BCUT2D eigenvalue weighted by atomic mass is 9.93. The summed E-state index contributed by atoms with van der Waals surface area (Å²) < 4.78 is 0. The molecule has 0 amide bonds. The lowest BCUT2D eigenvalue weighted by Crippen LogP contribution is -1.86. The molecule has 6 rings (SSSR count). The van der Waals surface area contributed by atoms with E-state index >= 15 is 0 Å². The molecular formula is C27H14ClN. The molecule has 0 N–H and O–H groups in total. The minimum absolute atomic E-state index is 0.677. The van der Waals surface area contributed by atoms with Gasteiger partial charge in [-0.05, 0) is 73.8 Å². The number of benzene rings is 5. The molecule has 0 saturated heterocycles. The van der Waals surface area contributed by atoms with Crippen LogP contribution in [0.2, 0.25) is 5.02 Å². The number of rotatable bonds is 1. The number of fused-ring (bicyclic) bond motifs is 4. The Balaban J connectivity index is 1.66. The summed E-state index contributed by atoms with van der Waals surface area (Å²) in [6.07, 6.45) is 0. The molecule has 0 radical (unpaired) electrons. The van der Waals surface area contributed by atoms with E-state index in [9.17, 15) is 0 Å². The first-order chi connectivity index (χ1) is 14.2. The van der Waals surface area contributed by atoms with E-state index in [1.165, 1.54) is 27.6 Å². The highest BCUT2D eigenvalue weighted by molar-refractivity contribution is 6.39. The highest BCUT2D eigenvalue weighted by Gasteiger charge is 2.23. The lowest BCUT2D eigenvalue weighted by Gasteiger charge is -2.12. The highest BCUT2D eigenvalue weighted by Crippen LogP contribution is 2.51. The van der Waals surface area contributed by atoms with Crippen LogP contribution >= 0.6 is 11.6 Å². The topological polar surface area (TPSA) is 23.8 Å². The van der Waals surface area contributed by atoms with E-state index in [1.54, 1.807) is 0 Å². The first-order valence-corrected chi connectivity index (χ1v) is 9.92. The van der Waals surface area contributed by atoms with E-state index in [2.05, 4.69) is 66.7 Å². The van der Waals surface area contributed by atoms with Crippen molar-refractivity contribution in [3.63, 3.8) is 0 Å². The van der Waals surface area contributed by atoms with E-state index in [1.807, 2.05) is 24.3 Å². The fourth-order valence-corrected chi connectivity index (χ4v) is 4.84. The van der Waals surface area contributed by atoms with Gasteiger partial charge >= 0.3 is 0 Å². The molecular weight excluding hydrogens is 374 g/mol. The van der Waals surface area contributed by atoms with Gasteiger partial charge in [-0.15, -0.1) is 0 Å². The van der Waals surface area contributed by atoms with Crippen LogP contribution in [0.15, 0.2) is 84.9 Å². The zero-order chi connectivity index (χ0) is 19.5. The van der Waals surface area contributed by atoms with Crippen molar-refractivity contribution >= 4 is 33.1 Å². The summed E-state index contributed by atoms with van der Waals surface area (Å²) >= 11 is 6.75. The van der Waals surface area contributed by atoms with Crippen LogP contribution in [0.4, 0.5) is 0 Å². The molecule has 29 heavy (non-hydrogen) atoms. The molecule has 0 fully saturated rings. The summed E-state index contributed by atoms with van der Waals surface area (Å²) in [4.78, 5) is 0. The molecule has 1 nitrogen and oxygen atoms in total. The standard InChI is InChI=1S/C27H14ClN/c28-25-12-11-24-22-4-2-1-3-21(22)23-10-9-20(27(25)26(23)24)19-8-7-17-13-16(15-29)5-6-18(17)14-19/h1-14H. The molecule has 134 valence electrons. The lowest BCUT2D eigenvalue weighted by molar-refractivity contribution is 1.50. The average Bonchev–Trinajstić information content (AvgIpc) is 3.10. The third-order valence-electron chi connectivity index (χ3n) is 5.90. The summed E-state index contributed by atoms with van der Waals surface area (Å²) in [6, 6.07) is 31.5. The van der Waals surface area contributed by atoms with Crippen molar-refractivity contribution in [1.29, 1.82) is 5.26 Å². The fraction of sp³-hybridized carbons (Fsp3) is 0. The van der Waals surface area contributed by atoms with Gasteiger partial charge in [0, 0.05) is 10.4 Å². The zero-order valence-corrected chi connectivity index (χ0v) is 16.2. The second-order valence-electron chi connectivity index (χ2n) is 7.44. The van der Waals surface area contributed by atoms with Gasteiger partial charge in [0.05, 0.1) is 11.6 Å². The quantitative estimate of drug-likeness (QED) is 0.282. The van der Waals surface area contributed by atoms with Crippen molar-refractivity contribution in [2.75, 3.05) is 0 Å². The average molecular weight is 388 g/mol. The Bertz CT molecular complexity index is 1490. The maximum atomic E-state index is 9.15. The largest absolute Gasteiger partial charge is 0.192 e. The van der Waals surface area contributed by atoms with E-state index in [0.717, 1.165) is 32.3 Å². The van der Waals surface area contributed by atoms with Crippen LogP contribution in [0, 0.1) is 11.3 Å². The summed E-state index contributed by atoms with van der Waals surface area (Å²) in [5.41, 5.74) is 7.97. The van der Waals surface area contributed by atoms with Gasteiger partial charge in [-0.3, -0.25) is 0 Å². The van der Waals surface area contributed by atoms with Gasteiger partial charge in [-0.2, -0.15) is 5.26 Å². The van der Waals surface area contributed by atoms with Crippen LogP contribution in [0.1, 0.15) is 5.56 Å². The van der Waals surface area contributed by atoms with Crippen LogP contribution < -0.4 is 0 Å². The van der Waals surface area contributed by atoms with Gasteiger partial charge in [0.2, 0.25) is 0 Å². The summed E-state index contributed by atoms with van der Waals surface area (Å²) in [7, 11) is 0. The van der Waals surface area contributed by atoms with E-state index in [0.29, 0.717) is 5.56 Å². The summed E-state index contributed by atoms with van der Waals surface area (Å²) in [6.45, 7) is 0. The van der Waals surface area contributed by atoms with Crippen molar-refractivity contribution in [3.8, 4) is 39.4 Å². The predicted molar refractivity (Wildman–Crippen MR) is 121 cm³/mol. The second-order valence-corrected chi connectivity index (χ2v) is 7.85. The van der Waals surface area contributed by atoms with Gasteiger partial charge in [-0.25, -0.2) is 0 Å². The van der Waals surface area contributed by atoms with Gasteiger partial charge in [0.15, 0.2) is 0 Å². The molecule has 0 bridgehead atoms. The Labute approximate surface area is 173 Å². The van der Waals surface area contributed by atoms with Crippen LogP contribution in [0.3, 0.4) is 0 Å². The highest BCUT2D eigenvalue weighted by atomic mass is 35.5. The van der Waals surface area contributed by atoms with Crippen molar-refractivity contribution in [2.24, 2.45) is 0 Å². The molecule has 0 heterocycles. The zero-order valence-electron chi connectivity index (χ0n) is 15.4. The first kappa shape index (κ1) is 16.4. The smallest absolute Gasteiger partial charge is 0.0991 e. The second kappa shape index (κ2) is 5.95. The minimum atomic E-state index is 0.677. The van der Waals surface area contributed by atoms with Crippen molar-refractivity contribution in [2.45, 2.75) is 0 Å². The van der Waals surface area contributed by atoms with Crippen LogP contribution in [-0.4, -0.2) is 0 Å². The van der Waals surface area contributed by atoms with Crippen molar-refractivity contribution in [3.05, 3.63) is 95.5 Å². The maximum absolute atomic E-state index is 9.15. The third-order valence-corrected chi connectivity index (χ3v) is 6.21. The molecule has 1 aliphatic rings. The Hall–Kier alpha value is -3.60. The molecule has 5 aromatic carbocycles. The number of halogens is 1. The van der Waals surface area contributed by atoms with E-state index in [4.69, 9.17) is 16.9 Å². The molecule has 0 aromatic heterocycles. The van der Waals surface area contributed by atoms with Crippen LogP contribution in [0.25, 0.3) is 54.9 Å². The number of nitrogens with zero attached hydrogens (tertiary/aromatic N) is 1. The number of hydrogen-bond donors (Lipinski definition) is 0. The Morgan fingerprint density at radius 1 is 0.586 bits per heavy atom. The van der Waals surface area contributed by atoms with Gasteiger partial charge in [-0.1, -0.05) is 72.3 Å². The third kappa shape index (κ3) is 2.27. The minimum Gasteiger partial charge on any atom is -0.192 e. The number of nitriles is 1. The summed E-state index contributed by atoms with van der Waals surface area (Å²) in [5.74, 6) is 0. The Morgan fingerprint density at radius 2 is 1.24 bits per heavy atom. The van der Waals surface area contributed by atoms with E-state index in [-0.39, 0.29) is 0 Å². The first-order valence-electron chi connectivity index (χ1n) is 9.54. The molecule has 2 heteroatoms. The molecule has 0 spiro atoms. The van der Waals surface area contributed by atoms with Gasteiger partial charge < -0.3 is 0 Å². The van der Waals surface area contributed by atoms with Crippen LogP contribution in [0.5, 0.6) is 0 Å². The molecule has 0 saturated carbocycles. The molecule has 1 aliphatic carbocycles. The molecule has 5 aromatic rings. The number of hydrogen-bond acceptors (Lipinski definition) is 1. The van der Waals surface area contributed by atoms with Crippen molar-refractivity contribution in [1.82, 2.24) is 0 Å². The fourth-order valence-electron chi connectivity index (χ4n) is 4.58. The van der Waals surface area contributed by atoms with Gasteiger partial charge in [0.1, 0.15) is 0 Å². The van der Waals surface area contributed by atoms with Crippen molar-refractivity contribution < 1.29 is 0 Å². The monoisotopic (exact) mass is 387 g/mol.